The minimum absolute atomic E-state index is 0.324. The maximum absolute atomic E-state index is 11.3. The lowest BCUT2D eigenvalue weighted by molar-refractivity contribution is 0.0954. The average molecular weight is 225 g/mol. The number of aromatic nitrogens is 2. The SMILES string of the molecule is NNC(=O)c1ccc2n[nH]c(CCl)c2c1. The molecule has 1 aromatic carbocycles. The summed E-state index contributed by atoms with van der Waals surface area (Å²) >= 11 is 5.72. The van der Waals surface area contributed by atoms with Gasteiger partial charge in [0.15, 0.2) is 0 Å². The Morgan fingerprint density at radius 2 is 2.40 bits per heavy atom. The van der Waals surface area contributed by atoms with Crippen LogP contribution in [0.1, 0.15) is 16.1 Å². The summed E-state index contributed by atoms with van der Waals surface area (Å²) in [5.41, 5.74) is 4.12. The second-order valence-electron chi connectivity index (χ2n) is 3.04. The first kappa shape index (κ1) is 9.95. The Morgan fingerprint density at radius 1 is 1.60 bits per heavy atom. The van der Waals surface area contributed by atoms with Gasteiger partial charge in [0.05, 0.1) is 17.1 Å². The van der Waals surface area contributed by atoms with E-state index >= 15 is 0 Å². The molecule has 2 rings (SSSR count). The van der Waals surface area contributed by atoms with E-state index in [2.05, 4.69) is 15.6 Å². The number of aromatic amines is 1. The van der Waals surface area contributed by atoms with Crippen LogP contribution in [0, 0.1) is 0 Å². The van der Waals surface area contributed by atoms with Gasteiger partial charge >= 0.3 is 0 Å². The van der Waals surface area contributed by atoms with E-state index in [1.165, 1.54) is 0 Å². The van der Waals surface area contributed by atoms with Crippen molar-refractivity contribution in [3.63, 3.8) is 0 Å². The largest absolute Gasteiger partial charge is 0.290 e. The zero-order chi connectivity index (χ0) is 10.8. The third-order valence-corrected chi connectivity index (χ3v) is 2.43. The highest BCUT2D eigenvalue weighted by atomic mass is 35.5. The van der Waals surface area contributed by atoms with Gasteiger partial charge in [0, 0.05) is 10.9 Å². The van der Waals surface area contributed by atoms with Gasteiger partial charge in [-0.25, -0.2) is 5.84 Å². The lowest BCUT2D eigenvalue weighted by Crippen LogP contribution is -2.29. The number of halogens is 1. The van der Waals surface area contributed by atoms with Gasteiger partial charge in [0.2, 0.25) is 0 Å². The normalized spacial score (nSPS) is 10.5. The fraction of sp³-hybridized carbons (Fsp3) is 0.111. The lowest BCUT2D eigenvalue weighted by Gasteiger charge is -1.99. The lowest BCUT2D eigenvalue weighted by atomic mass is 10.1. The summed E-state index contributed by atoms with van der Waals surface area (Å²) in [4.78, 5) is 11.3. The molecule has 2 aromatic rings. The average Bonchev–Trinajstić information content (AvgIpc) is 2.69. The molecule has 0 aliphatic heterocycles. The molecule has 5 nitrogen and oxygen atoms in total. The molecule has 1 aromatic heterocycles. The predicted octanol–water partition coefficient (Wildman–Crippen LogP) is 0.905. The fourth-order valence-corrected chi connectivity index (χ4v) is 1.59. The highest BCUT2D eigenvalue weighted by Crippen LogP contribution is 2.18. The van der Waals surface area contributed by atoms with Crippen LogP contribution in [0.3, 0.4) is 0 Å². The topological polar surface area (TPSA) is 83.8 Å². The number of nitrogens with one attached hydrogen (secondary N) is 2. The van der Waals surface area contributed by atoms with Crippen LogP contribution in [0.5, 0.6) is 0 Å². The van der Waals surface area contributed by atoms with Crippen LogP contribution < -0.4 is 11.3 Å². The van der Waals surface area contributed by atoms with Gasteiger partial charge in [-0.3, -0.25) is 15.3 Å². The van der Waals surface area contributed by atoms with Crippen molar-refractivity contribution in [3.05, 3.63) is 29.5 Å². The Balaban J connectivity index is 2.57. The third kappa shape index (κ3) is 1.67. The zero-order valence-corrected chi connectivity index (χ0v) is 8.51. The number of hydrogen-bond acceptors (Lipinski definition) is 3. The van der Waals surface area contributed by atoms with E-state index in [1.54, 1.807) is 18.2 Å². The molecular formula is C9H9ClN4O. The minimum atomic E-state index is -0.335. The summed E-state index contributed by atoms with van der Waals surface area (Å²) in [6, 6.07) is 5.11. The van der Waals surface area contributed by atoms with E-state index in [0.717, 1.165) is 16.6 Å². The third-order valence-electron chi connectivity index (χ3n) is 2.16. The van der Waals surface area contributed by atoms with Crippen molar-refractivity contribution in [2.24, 2.45) is 5.84 Å². The predicted molar refractivity (Wildman–Crippen MR) is 57.3 cm³/mol. The number of H-pyrrole nitrogens is 1. The summed E-state index contributed by atoms with van der Waals surface area (Å²) in [6.45, 7) is 0. The molecule has 1 heterocycles. The quantitative estimate of drug-likeness (QED) is 0.307. The molecule has 0 unspecified atom stereocenters. The minimum Gasteiger partial charge on any atom is -0.290 e. The monoisotopic (exact) mass is 224 g/mol. The molecule has 0 saturated heterocycles. The maximum atomic E-state index is 11.3. The van der Waals surface area contributed by atoms with Crippen LogP contribution in [-0.4, -0.2) is 16.1 Å². The molecule has 4 N–H and O–H groups in total. The summed E-state index contributed by atoms with van der Waals surface area (Å²) < 4.78 is 0. The van der Waals surface area contributed by atoms with Gasteiger partial charge in [-0.05, 0) is 18.2 Å². The fourth-order valence-electron chi connectivity index (χ4n) is 1.39. The Hall–Kier alpha value is -1.59. The molecular weight excluding hydrogens is 216 g/mol. The van der Waals surface area contributed by atoms with Crippen LogP contribution in [0.2, 0.25) is 0 Å². The van der Waals surface area contributed by atoms with Crippen LogP contribution in [0.25, 0.3) is 10.9 Å². The number of nitrogens with two attached hydrogens (primary N) is 1. The first-order chi connectivity index (χ1) is 7.26. The van der Waals surface area contributed by atoms with Crippen LogP contribution >= 0.6 is 11.6 Å². The standard InChI is InChI=1S/C9H9ClN4O/c10-4-8-6-3-5(9(15)12-11)1-2-7(6)13-14-8/h1-3H,4,11H2,(H,12,15)(H,13,14). The van der Waals surface area contributed by atoms with Crippen molar-refractivity contribution in [2.75, 3.05) is 0 Å². The van der Waals surface area contributed by atoms with E-state index in [9.17, 15) is 4.79 Å². The van der Waals surface area contributed by atoms with Gasteiger partial charge in [-0.1, -0.05) is 0 Å². The molecule has 0 spiro atoms. The molecule has 0 atom stereocenters. The molecule has 0 bridgehead atoms. The number of carbonyl (C=O) groups excluding carboxylic acids is 1. The number of alkyl halides is 1. The van der Waals surface area contributed by atoms with Crippen LogP contribution in [0.4, 0.5) is 0 Å². The molecule has 0 radical (unpaired) electrons. The van der Waals surface area contributed by atoms with Crippen molar-refractivity contribution >= 4 is 28.4 Å². The van der Waals surface area contributed by atoms with Crippen LogP contribution in [-0.2, 0) is 5.88 Å². The first-order valence-electron chi connectivity index (χ1n) is 4.30. The number of carbonyl (C=O) groups is 1. The number of nitrogens with zero attached hydrogens (tertiary/aromatic N) is 1. The smallest absolute Gasteiger partial charge is 0.265 e. The van der Waals surface area contributed by atoms with Crippen molar-refractivity contribution in [1.29, 1.82) is 0 Å². The number of amides is 1. The second-order valence-corrected chi connectivity index (χ2v) is 3.31. The van der Waals surface area contributed by atoms with Gasteiger partial charge in [-0.2, -0.15) is 5.10 Å². The summed E-state index contributed by atoms with van der Waals surface area (Å²) in [5.74, 6) is 5.03. The summed E-state index contributed by atoms with van der Waals surface area (Å²) in [7, 11) is 0. The zero-order valence-electron chi connectivity index (χ0n) is 7.75. The van der Waals surface area contributed by atoms with Gasteiger partial charge in [0.25, 0.3) is 5.91 Å². The Labute approximate surface area is 90.6 Å². The van der Waals surface area contributed by atoms with E-state index in [0.29, 0.717) is 11.4 Å². The molecule has 0 aliphatic carbocycles. The maximum Gasteiger partial charge on any atom is 0.265 e. The molecule has 0 aliphatic rings. The summed E-state index contributed by atoms with van der Waals surface area (Å²) in [5, 5.41) is 7.68. The first-order valence-corrected chi connectivity index (χ1v) is 4.83. The highest BCUT2D eigenvalue weighted by molar-refractivity contribution is 6.17. The van der Waals surface area contributed by atoms with Crippen molar-refractivity contribution < 1.29 is 4.79 Å². The van der Waals surface area contributed by atoms with Crippen molar-refractivity contribution in [3.8, 4) is 0 Å². The Kier molecular flexibility index (Phi) is 2.57. The summed E-state index contributed by atoms with van der Waals surface area (Å²) in [6.07, 6.45) is 0. The van der Waals surface area contributed by atoms with E-state index < -0.39 is 0 Å². The molecule has 0 saturated carbocycles. The molecule has 6 heteroatoms. The molecule has 15 heavy (non-hydrogen) atoms. The number of rotatable bonds is 2. The molecule has 78 valence electrons. The van der Waals surface area contributed by atoms with Gasteiger partial charge in [0.1, 0.15) is 0 Å². The van der Waals surface area contributed by atoms with Crippen molar-refractivity contribution in [2.45, 2.75) is 5.88 Å². The molecule has 0 fully saturated rings. The number of benzene rings is 1. The Morgan fingerprint density at radius 3 is 3.07 bits per heavy atom. The number of hydrazine groups is 1. The van der Waals surface area contributed by atoms with Crippen molar-refractivity contribution in [1.82, 2.24) is 15.6 Å². The van der Waals surface area contributed by atoms with Gasteiger partial charge in [-0.15, -0.1) is 11.6 Å². The Bertz CT molecular complexity index is 508. The second kappa shape index (κ2) is 3.88. The number of hydrogen-bond donors (Lipinski definition) is 3. The number of nitrogen functional groups attached to an aromatic ring is 1. The molecule has 1 amide bonds. The van der Waals surface area contributed by atoms with E-state index in [-0.39, 0.29) is 5.91 Å². The highest BCUT2D eigenvalue weighted by Gasteiger charge is 2.08. The van der Waals surface area contributed by atoms with Crippen LogP contribution in [0.15, 0.2) is 18.2 Å². The number of fused-ring (bicyclic) bond motifs is 1. The van der Waals surface area contributed by atoms with E-state index in [1.807, 2.05) is 0 Å². The van der Waals surface area contributed by atoms with E-state index in [4.69, 9.17) is 17.4 Å². The van der Waals surface area contributed by atoms with Gasteiger partial charge < -0.3 is 0 Å².